The molecular formula is C17H27NO3. The van der Waals surface area contributed by atoms with E-state index >= 15 is 0 Å². The van der Waals surface area contributed by atoms with E-state index in [1.54, 1.807) is 14.2 Å². The first-order chi connectivity index (χ1) is 10.3. The Morgan fingerprint density at radius 1 is 1.19 bits per heavy atom. The molecule has 4 heteroatoms. The molecule has 0 saturated carbocycles. The van der Waals surface area contributed by atoms with Gasteiger partial charge in [0.25, 0.3) is 0 Å². The van der Waals surface area contributed by atoms with Gasteiger partial charge in [-0.2, -0.15) is 0 Å². The Morgan fingerprint density at radius 3 is 2.76 bits per heavy atom. The summed E-state index contributed by atoms with van der Waals surface area (Å²) in [5.74, 6) is 1.83. The lowest BCUT2D eigenvalue weighted by Gasteiger charge is -2.26. The molecule has 4 nitrogen and oxygen atoms in total. The van der Waals surface area contributed by atoms with E-state index in [1.807, 2.05) is 12.1 Å². The van der Waals surface area contributed by atoms with Crippen LogP contribution in [0.2, 0.25) is 0 Å². The van der Waals surface area contributed by atoms with E-state index < -0.39 is 0 Å². The fourth-order valence-corrected chi connectivity index (χ4v) is 3.15. The van der Waals surface area contributed by atoms with Gasteiger partial charge in [-0.3, -0.25) is 4.90 Å². The first kappa shape index (κ1) is 16.1. The second kappa shape index (κ2) is 8.25. The van der Waals surface area contributed by atoms with Crippen LogP contribution in [0.25, 0.3) is 0 Å². The molecule has 0 aromatic heterocycles. The Balaban J connectivity index is 2.07. The number of hydrogen-bond acceptors (Lipinski definition) is 4. The minimum atomic E-state index is 0.299. The quantitative estimate of drug-likeness (QED) is 0.748. The third-order valence-corrected chi connectivity index (χ3v) is 4.26. The molecule has 0 aliphatic carbocycles. The van der Waals surface area contributed by atoms with Gasteiger partial charge < -0.3 is 14.6 Å². The van der Waals surface area contributed by atoms with Gasteiger partial charge >= 0.3 is 0 Å². The molecule has 0 unspecified atom stereocenters. The number of unbranched alkanes of at least 4 members (excludes halogenated alkanes) is 2. The average molecular weight is 293 g/mol. The van der Waals surface area contributed by atoms with Gasteiger partial charge in [-0.25, -0.2) is 0 Å². The molecule has 1 aromatic carbocycles. The molecule has 0 radical (unpaired) electrons. The molecule has 118 valence electrons. The molecule has 0 spiro atoms. The number of aliphatic hydroxyl groups excluding tert-OH is 1. The Bertz CT molecular complexity index is 436. The SMILES string of the molecule is COc1ccc(OC)c([C@@H]2CCCN2CCCCCO)c1. The molecule has 1 atom stereocenters. The Morgan fingerprint density at radius 2 is 2.05 bits per heavy atom. The lowest BCUT2D eigenvalue weighted by Crippen LogP contribution is -2.24. The Kier molecular flexibility index (Phi) is 6.33. The van der Waals surface area contributed by atoms with Crippen molar-refractivity contribution in [3.63, 3.8) is 0 Å². The van der Waals surface area contributed by atoms with E-state index in [0.717, 1.165) is 43.9 Å². The molecule has 1 aliphatic rings. The summed E-state index contributed by atoms with van der Waals surface area (Å²) in [5.41, 5.74) is 1.23. The lowest BCUT2D eigenvalue weighted by molar-refractivity contribution is 0.236. The predicted octanol–water partition coefficient (Wildman–Crippen LogP) is 3.00. The van der Waals surface area contributed by atoms with Gasteiger partial charge in [-0.1, -0.05) is 0 Å². The van der Waals surface area contributed by atoms with E-state index in [-0.39, 0.29) is 0 Å². The van der Waals surface area contributed by atoms with Crippen LogP contribution in [-0.4, -0.2) is 43.9 Å². The van der Waals surface area contributed by atoms with Crippen molar-refractivity contribution < 1.29 is 14.6 Å². The van der Waals surface area contributed by atoms with E-state index in [1.165, 1.54) is 18.4 Å². The van der Waals surface area contributed by atoms with Crippen LogP contribution < -0.4 is 9.47 Å². The third-order valence-electron chi connectivity index (χ3n) is 4.26. The number of nitrogens with zero attached hydrogens (tertiary/aromatic N) is 1. The smallest absolute Gasteiger partial charge is 0.123 e. The van der Waals surface area contributed by atoms with Crippen LogP contribution in [0.3, 0.4) is 0 Å². The topological polar surface area (TPSA) is 41.9 Å². The maximum absolute atomic E-state index is 8.87. The van der Waals surface area contributed by atoms with Gasteiger partial charge in [0.05, 0.1) is 14.2 Å². The Labute approximate surface area is 127 Å². The average Bonchev–Trinajstić information content (AvgIpc) is 2.99. The minimum Gasteiger partial charge on any atom is -0.497 e. The van der Waals surface area contributed by atoms with Crippen molar-refractivity contribution in [2.45, 2.75) is 38.1 Å². The van der Waals surface area contributed by atoms with E-state index in [2.05, 4.69) is 11.0 Å². The first-order valence-electron chi connectivity index (χ1n) is 7.87. The number of ether oxygens (including phenoxy) is 2. The number of likely N-dealkylation sites (tertiary alicyclic amines) is 1. The zero-order valence-electron chi connectivity index (χ0n) is 13.2. The van der Waals surface area contributed by atoms with E-state index in [0.29, 0.717) is 12.6 Å². The van der Waals surface area contributed by atoms with Gasteiger partial charge in [0.15, 0.2) is 0 Å². The van der Waals surface area contributed by atoms with Crippen molar-refractivity contribution in [2.75, 3.05) is 33.9 Å². The first-order valence-corrected chi connectivity index (χ1v) is 7.87. The van der Waals surface area contributed by atoms with Crippen molar-refractivity contribution in [1.82, 2.24) is 4.90 Å². The van der Waals surface area contributed by atoms with Crippen molar-refractivity contribution in [1.29, 1.82) is 0 Å². The highest BCUT2D eigenvalue weighted by atomic mass is 16.5. The fourth-order valence-electron chi connectivity index (χ4n) is 3.15. The summed E-state index contributed by atoms with van der Waals surface area (Å²) in [6.07, 6.45) is 5.54. The Hall–Kier alpha value is -1.26. The van der Waals surface area contributed by atoms with Crippen LogP contribution in [0, 0.1) is 0 Å². The fraction of sp³-hybridized carbons (Fsp3) is 0.647. The van der Waals surface area contributed by atoms with Gasteiger partial charge in [-0.15, -0.1) is 0 Å². The van der Waals surface area contributed by atoms with Crippen LogP contribution in [0.5, 0.6) is 11.5 Å². The number of rotatable bonds is 8. The second-order valence-electron chi connectivity index (χ2n) is 5.59. The van der Waals surface area contributed by atoms with Gasteiger partial charge in [0.1, 0.15) is 11.5 Å². The lowest BCUT2D eigenvalue weighted by atomic mass is 10.0. The molecule has 1 heterocycles. The zero-order valence-corrected chi connectivity index (χ0v) is 13.2. The largest absolute Gasteiger partial charge is 0.497 e. The molecule has 2 rings (SSSR count). The van der Waals surface area contributed by atoms with E-state index in [4.69, 9.17) is 14.6 Å². The van der Waals surface area contributed by atoms with Crippen molar-refractivity contribution in [3.05, 3.63) is 23.8 Å². The van der Waals surface area contributed by atoms with E-state index in [9.17, 15) is 0 Å². The number of benzene rings is 1. The summed E-state index contributed by atoms with van der Waals surface area (Å²) in [4.78, 5) is 2.54. The third kappa shape index (κ3) is 4.11. The number of hydrogen-bond donors (Lipinski definition) is 1. The van der Waals surface area contributed by atoms with Crippen LogP contribution in [0.15, 0.2) is 18.2 Å². The molecule has 1 aromatic rings. The van der Waals surface area contributed by atoms with Gasteiger partial charge in [-0.05, 0) is 63.4 Å². The number of methoxy groups -OCH3 is 2. The van der Waals surface area contributed by atoms with Crippen LogP contribution in [0.1, 0.15) is 43.7 Å². The summed E-state index contributed by atoms with van der Waals surface area (Å²) in [6.45, 7) is 2.53. The van der Waals surface area contributed by atoms with Crippen molar-refractivity contribution in [3.8, 4) is 11.5 Å². The summed E-state index contributed by atoms with van der Waals surface area (Å²) in [7, 11) is 3.43. The monoisotopic (exact) mass is 293 g/mol. The molecule has 1 aliphatic heterocycles. The van der Waals surface area contributed by atoms with Crippen LogP contribution in [-0.2, 0) is 0 Å². The molecule has 0 bridgehead atoms. The summed E-state index contributed by atoms with van der Waals surface area (Å²) >= 11 is 0. The molecule has 21 heavy (non-hydrogen) atoms. The second-order valence-corrected chi connectivity index (χ2v) is 5.59. The summed E-state index contributed by atoms with van der Waals surface area (Å²) < 4.78 is 10.9. The van der Waals surface area contributed by atoms with Gasteiger partial charge in [0.2, 0.25) is 0 Å². The highest BCUT2D eigenvalue weighted by Crippen LogP contribution is 2.38. The van der Waals surface area contributed by atoms with Crippen LogP contribution in [0.4, 0.5) is 0 Å². The standard InChI is InChI=1S/C17H27NO3/c1-20-14-8-9-17(21-2)15(13-14)16-7-6-11-18(16)10-4-3-5-12-19/h8-9,13,16,19H,3-7,10-12H2,1-2H3/t16-/m0/s1. The highest BCUT2D eigenvalue weighted by Gasteiger charge is 2.28. The minimum absolute atomic E-state index is 0.299. The predicted molar refractivity (Wildman–Crippen MR) is 84.0 cm³/mol. The molecular weight excluding hydrogens is 266 g/mol. The van der Waals surface area contributed by atoms with Gasteiger partial charge in [0, 0.05) is 18.2 Å². The maximum Gasteiger partial charge on any atom is 0.123 e. The van der Waals surface area contributed by atoms with Crippen molar-refractivity contribution in [2.24, 2.45) is 0 Å². The summed E-state index contributed by atoms with van der Waals surface area (Å²) in [5, 5.41) is 8.87. The van der Waals surface area contributed by atoms with Crippen LogP contribution >= 0.6 is 0 Å². The highest BCUT2D eigenvalue weighted by molar-refractivity contribution is 5.42. The normalized spacial score (nSPS) is 18.9. The summed E-state index contributed by atoms with van der Waals surface area (Å²) in [6, 6.07) is 6.47. The maximum atomic E-state index is 8.87. The number of aliphatic hydroxyl groups is 1. The molecule has 1 N–H and O–H groups in total. The molecule has 1 fully saturated rings. The van der Waals surface area contributed by atoms with Crippen molar-refractivity contribution >= 4 is 0 Å². The molecule has 1 saturated heterocycles. The zero-order chi connectivity index (χ0) is 15.1. The molecule has 0 amide bonds.